The van der Waals surface area contributed by atoms with E-state index in [0.29, 0.717) is 23.9 Å². The molecule has 1 amide bonds. The Balaban J connectivity index is 1.50. The van der Waals surface area contributed by atoms with Gasteiger partial charge in [0.1, 0.15) is 11.9 Å². The van der Waals surface area contributed by atoms with E-state index in [1.54, 1.807) is 12.1 Å². The zero-order valence-electron chi connectivity index (χ0n) is 17.5. The standard InChI is InChI=1S/C24H27FN4O2/c25-20-12-8-11-19(15-20)17-22(30)26-21(16-18-9-4-3-5-10-18)23-27-28-24(31-23)29-13-6-1-2-7-14-29/h3-5,8-12,15,21H,1-2,6-7,13-14,16-17H2,(H,26,30). The van der Waals surface area contributed by atoms with Gasteiger partial charge in [-0.05, 0) is 36.1 Å². The van der Waals surface area contributed by atoms with E-state index in [-0.39, 0.29) is 18.1 Å². The molecule has 2 aromatic carbocycles. The van der Waals surface area contributed by atoms with Crippen molar-refractivity contribution in [2.75, 3.05) is 18.0 Å². The first-order valence-corrected chi connectivity index (χ1v) is 10.8. The number of carbonyl (C=O) groups excluding carboxylic acids is 1. The van der Waals surface area contributed by atoms with Crippen LogP contribution in [0.4, 0.5) is 10.4 Å². The van der Waals surface area contributed by atoms with Crippen LogP contribution in [0.2, 0.25) is 0 Å². The first-order chi connectivity index (χ1) is 15.2. The van der Waals surface area contributed by atoms with E-state index < -0.39 is 6.04 Å². The first-order valence-electron chi connectivity index (χ1n) is 10.8. The third-order valence-electron chi connectivity index (χ3n) is 5.48. The Kier molecular flexibility index (Phi) is 6.92. The molecule has 31 heavy (non-hydrogen) atoms. The van der Waals surface area contributed by atoms with Gasteiger partial charge in [-0.2, -0.15) is 0 Å². The largest absolute Gasteiger partial charge is 0.406 e. The Morgan fingerprint density at radius 1 is 1.00 bits per heavy atom. The van der Waals surface area contributed by atoms with E-state index in [9.17, 15) is 9.18 Å². The molecule has 1 saturated heterocycles. The topological polar surface area (TPSA) is 71.3 Å². The van der Waals surface area contributed by atoms with Gasteiger partial charge in [0.25, 0.3) is 0 Å². The lowest BCUT2D eigenvalue weighted by molar-refractivity contribution is -0.121. The summed E-state index contributed by atoms with van der Waals surface area (Å²) in [6, 6.07) is 16.0. The minimum Gasteiger partial charge on any atom is -0.406 e. The van der Waals surface area contributed by atoms with E-state index in [4.69, 9.17) is 4.42 Å². The molecule has 1 unspecified atom stereocenters. The molecule has 6 nitrogen and oxygen atoms in total. The third-order valence-corrected chi connectivity index (χ3v) is 5.48. The number of halogens is 1. The Hall–Kier alpha value is -3.22. The van der Waals surface area contributed by atoms with Gasteiger partial charge in [0.2, 0.25) is 11.8 Å². The summed E-state index contributed by atoms with van der Waals surface area (Å²) < 4.78 is 19.5. The Labute approximate surface area is 181 Å². The van der Waals surface area contributed by atoms with Crippen molar-refractivity contribution in [2.24, 2.45) is 0 Å². The van der Waals surface area contributed by atoms with Crippen LogP contribution >= 0.6 is 0 Å². The summed E-state index contributed by atoms with van der Waals surface area (Å²) in [4.78, 5) is 14.8. The lowest BCUT2D eigenvalue weighted by atomic mass is 10.1. The number of hydrogen-bond acceptors (Lipinski definition) is 5. The summed E-state index contributed by atoms with van der Waals surface area (Å²) in [7, 11) is 0. The van der Waals surface area contributed by atoms with E-state index in [1.165, 1.54) is 25.0 Å². The number of amides is 1. The molecule has 2 heterocycles. The molecule has 0 aliphatic carbocycles. The summed E-state index contributed by atoms with van der Waals surface area (Å²) in [6.45, 7) is 1.80. The van der Waals surface area contributed by atoms with Gasteiger partial charge < -0.3 is 14.6 Å². The highest BCUT2D eigenvalue weighted by Gasteiger charge is 2.24. The van der Waals surface area contributed by atoms with Gasteiger partial charge in [-0.1, -0.05) is 60.4 Å². The number of nitrogens with one attached hydrogen (secondary N) is 1. The maximum Gasteiger partial charge on any atom is 0.318 e. The van der Waals surface area contributed by atoms with Crippen LogP contribution in [0.1, 0.15) is 48.7 Å². The lowest BCUT2D eigenvalue weighted by Crippen LogP contribution is -2.31. The number of aromatic nitrogens is 2. The van der Waals surface area contributed by atoms with Crippen LogP contribution in [-0.4, -0.2) is 29.2 Å². The second-order valence-corrected chi connectivity index (χ2v) is 7.94. The molecule has 1 atom stereocenters. The quantitative estimate of drug-likeness (QED) is 0.617. The predicted octanol–water partition coefficient (Wildman–Crippen LogP) is 4.23. The van der Waals surface area contributed by atoms with Crippen LogP contribution < -0.4 is 10.2 Å². The number of anilines is 1. The van der Waals surface area contributed by atoms with Crippen LogP contribution in [0.5, 0.6) is 0 Å². The van der Waals surface area contributed by atoms with Crippen molar-refractivity contribution in [3.05, 3.63) is 77.4 Å². The van der Waals surface area contributed by atoms with Crippen molar-refractivity contribution < 1.29 is 13.6 Å². The normalized spacial score (nSPS) is 15.3. The average Bonchev–Trinajstić information content (AvgIpc) is 3.09. The van der Waals surface area contributed by atoms with Crippen molar-refractivity contribution in [1.82, 2.24) is 15.5 Å². The zero-order chi connectivity index (χ0) is 21.5. The fraction of sp³-hybridized carbons (Fsp3) is 0.375. The molecular weight excluding hydrogens is 395 g/mol. The van der Waals surface area contributed by atoms with E-state index in [0.717, 1.165) is 31.5 Å². The van der Waals surface area contributed by atoms with Crippen molar-refractivity contribution in [2.45, 2.75) is 44.6 Å². The lowest BCUT2D eigenvalue weighted by Gasteiger charge is -2.18. The van der Waals surface area contributed by atoms with Gasteiger partial charge in [0.15, 0.2) is 0 Å². The molecule has 4 rings (SSSR count). The average molecular weight is 423 g/mol. The molecule has 7 heteroatoms. The molecule has 0 bridgehead atoms. The van der Waals surface area contributed by atoms with E-state index in [1.807, 2.05) is 30.3 Å². The van der Waals surface area contributed by atoms with Crippen LogP contribution in [0.3, 0.4) is 0 Å². The SMILES string of the molecule is O=C(Cc1cccc(F)c1)NC(Cc1ccccc1)c1nnc(N2CCCCCC2)o1. The van der Waals surface area contributed by atoms with Gasteiger partial charge in [-0.15, -0.1) is 5.10 Å². The number of nitrogens with zero attached hydrogens (tertiary/aromatic N) is 3. The number of rotatable bonds is 7. The minimum absolute atomic E-state index is 0.0795. The van der Waals surface area contributed by atoms with E-state index >= 15 is 0 Å². The maximum atomic E-state index is 13.5. The summed E-state index contributed by atoms with van der Waals surface area (Å²) in [5.74, 6) is -0.193. The van der Waals surface area contributed by atoms with Crippen LogP contribution in [0.15, 0.2) is 59.0 Å². The van der Waals surface area contributed by atoms with Crippen LogP contribution in [0, 0.1) is 5.82 Å². The highest BCUT2D eigenvalue weighted by atomic mass is 19.1. The van der Waals surface area contributed by atoms with Crippen molar-refractivity contribution in [3.63, 3.8) is 0 Å². The van der Waals surface area contributed by atoms with Gasteiger partial charge >= 0.3 is 6.01 Å². The molecule has 162 valence electrons. The Bertz CT molecular complexity index is 984. The second-order valence-electron chi connectivity index (χ2n) is 7.94. The third kappa shape index (κ3) is 5.90. The fourth-order valence-corrected chi connectivity index (χ4v) is 3.88. The second kappa shape index (κ2) is 10.2. The molecular formula is C24H27FN4O2. The molecule has 1 N–H and O–H groups in total. The van der Waals surface area contributed by atoms with Gasteiger partial charge in [0.05, 0.1) is 6.42 Å². The maximum absolute atomic E-state index is 13.5. The summed E-state index contributed by atoms with van der Waals surface area (Å²) in [5, 5.41) is 11.5. The highest BCUT2D eigenvalue weighted by molar-refractivity contribution is 5.79. The highest BCUT2D eigenvalue weighted by Crippen LogP contribution is 2.23. The Morgan fingerprint density at radius 2 is 1.74 bits per heavy atom. The Morgan fingerprint density at radius 3 is 2.48 bits per heavy atom. The molecule has 1 aliphatic heterocycles. The van der Waals surface area contributed by atoms with Gasteiger partial charge in [-0.25, -0.2) is 4.39 Å². The predicted molar refractivity (Wildman–Crippen MR) is 116 cm³/mol. The van der Waals surface area contributed by atoms with Gasteiger partial charge in [-0.3, -0.25) is 4.79 Å². The molecule has 0 radical (unpaired) electrons. The molecule has 1 fully saturated rings. The summed E-state index contributed by atoms with van der Waals surface area (Å²) in [6.07, 6.45) is 5.24. The minimum atomic E-state index is -0.461. The van der Waals surface area contributed by atoms with Crippen molar-refractivity contribution >= 4 is 11.9 Å². The monoisotopic (exact) mass is 422 g/mol. The van der Waals surface area contributed by atoms with E-state index in [2.05, 4.69) is 20.4 Å². The number of carbonyl (C=O) groups is 1. The number of hydrogen-bond donors (Lipinski definition) is 1. The smallest absolute Gasteiger partial charge is 0.318 e. The summed E-state index contributed by atoms with van der Waals surface area (Å²) in [5.41, 5.74) is 1.67. The van der Waals surface area contributed by atoms with Gasteiger partial charge in [0, 0.05) is 19.5 Å². The van der Waals surface area contributed by atoms with Crippen molar-refractivity contribution in [3.8, 4) is 0 Å². The number of benzene rings is 2. The van der Waals surface area contributed by atoms with Crippen molar-refractivity contribution in [1.29, 1.82) is 0 Å². The molecule has 3 aromatic rings. The first kappa shape index (κ1) is 21.0. The van der Waals surface area contributed by atoms with Crippen LogP contribution in [0.25, 0.3) is 0 Å². The molecule has 0 saturated carbocycles. The summed E-state index contributed by atoms with van der Waals surface area (Å²) >= 11 is 0. The van der Waals surface area contributed by atoms with Crippen LogP contribution in [-0.2, 0) is 17.6 Å². The molecule has 1 aliphatic rings. The molecule has 0 spiro atoms. The fourth-order valence-electron chi connectivity index (χ4n) is 3.88. The molecule has 1 aromatic heterocycles. The zero-order valence-corrected chi connectivity index (χ0v) is 17.5.